The van der Waals surface area contributed by atoms with Gasteiger partial charge in [0.05, 0.1) is 13.2 Å². The zero-order chi connectivity index (χ0) is 15.6. The van der Waals surface area contributed by atoms with E-state index in [9.17, 15) is 14.2 Å². The maximum Gasteiger partial charge on any atom is 0.339 e. The van der Waals surface area contributed by atoms with E-state index in [4.69, 9.17) is 14.7 Å². The number of unbranched alkanes of at least 4 members (excludes halogenated alkanes) is 3. The Labute approximate surface area is 118 Å². The van der Waals surface area contributed by atoms with Gasteiger partial charge < -0.3 is 19.3 Å². The lowest BCUT2D eigenvalue weighted by Crippen LogP contribution is -2.07. The Morgan fingerprint density at radius 3 is 2.20 bits per heavy atom. The molecule has 0 saturated carbocycles. The average Bonchev–Trinajstić information content (AvgIpc) is 2.30. The molecule has 0 rings (SSSR count). The van der Waals surface area contributed by atoms with Gasteiger partial charge in [-0.25, -0.2) is 4.79 Å². The van der Waals surface area contributed by atoms with Gasteiger partial charge in [0.15, 0.2) is 0 Å². The van der Waals surface area contributed by atoms with Gasteiger partial charge in [0.1, 0.15) is 6.16 Å². The minimum atomic E-state index is -4.01. The smallest absolute Gasteiger partial charge is 0.339 e. The highest BCUT2D eigenvalue weighted by Gasteiger charge is 2.23. The topological polar surface area (TPSA) is 110 Å². The summed E-state index contributed by atoms with van der Waals surface area (Å²) in [4.78, 5) is 30.4. The fourth-order valence-electron chi connectivity index (χ4n) is 1.27. The molecule has 0 aromatic heterocycles. The summed E-state index contributed by atoms with van der Waals surface area (Å²) in [5.41, 5.74) is 0.357. The fraction of sp³-hybridized carbons (Fsp3) is 0.667. The molecule has 0 aromatic rings. The summed E-state index contributed by atoms with van der Waals surface area (Å²) in [6.07, 6.45) is 1.85. The molecule has 0 aromatic carbocycles. The van der Waals surface area contributed by atoms with Gasteiger partial charge in [0.2, 0.25) is 0 Å². The second-order valence-corrected chi connectivity index (χ2v) is 6.20. The molecule has 1 unspecified atom stereocenters. The van der Waals surface area contributed by atoms with Crippen molar-refractivity contribution in [3.05, 3.63) is 12.2 Å². The highest BCUT2D eigenvalue weighted by Crippen LogP contribution is 2.41. The van der Waals surface area contributed by atoms with Crippen molar-refractivity contribution in [2.75, 3.05) is 19.4 Å². The van der Waals surface area contributed by atoms with Gasteiger partial charge >= 0.3 is 19.5 Å². The van der Waals surface area contributed by atoms with Crippen LogP contribution in [0.2, 0.25) is 0 Å². The van der Waals surface area contributed by atoms with Crippen LogP contribution in [0.3, 0.4) is 0 Å². The number of carboxylic acids is 1. The molecule has 116 valence electrons. The molecule has 0 aliphatic rings. The largest absolute Gasteiger partial charge is 0.481 e. The number of carboxylic acid groups (broad SMARTS) is 1. The van der Waals surface area contributed by atoms with Crippen molar-refractivity contribution in [3.63, 3.8) is 0 Å². The third-order valence-electron chi connectivity index (χ3n) is 2.25. The molecule has 8 heteroatoms. The van der Waals surface area contributed by atoms with Crippen LogP contribution in [-0.2, 0) is 23.4 Å². The molecule has 0 radical (unpaired) electrons. The van der Waals surface area contributed by atoms with E-state index in [-0.39, 0.29) is 6.61 Å². The van der Waals surface area contributed by atoms with Crippen molar-refractivity contribution in [2.24, 2.45) is 0 Å². The first-order valence-corrected chi connectivity index (χ1v) is 8.01. The molecule has 20 heavy (non-hydrogen) atoms. The van der Waals surface area contributed by atoms with Gasteiger partial charge in [0.25, 0.3) is 0 Å². The Bertz CT molecular complexity index is 391. The molecule has 2 N–H and O–H groups in total. The van der Waals surface area contributed by atoms with Gasteiger partial charge in [-0.15, -0.1) is 0 Å². The van der Waals surface area contributed by atoms with Crippen LogP contribution in [0.25, 0.3) is 0 Å². The Morgan fingerprint density at radius 1 is 1.15 bits per heavy atom. The molecular formula is C12H21O7P. The molecule has 0 heterocycles. The summed E-state index contributed by atoms with van der Waals surface area (Å²) in [5.74, 6) is -1.78. The van der Waals surface area contributed by atoms with Gasteiger partial charge in [-0.1, -0.05) is 13.0 Å². The highest BCUT2D eigenvalue weighted by atomic mass is 31.2. The Morgan fingerprint density at radius 2 is 1.70 bits per heavy atom. The molecule has 7 nitrogen and oxygen atoms in total. The second kappa shape index (κ2) is 9.69. The van der Waals surface area contributed by atoms with E-state index in [0.717, 1.165) is 12.8 Å². The summed E-state index contributed by atoms with van der Waals surface area (Å²) >= 11 is 0. The number of hydrogen-bond acceptors (Lipinski definition) is 5. The summed E-state index contributed by atoms with van der Waals surface area (Å²) < 4.78 is 20.7. The van der Waals surface area contributed by atoms with Crippen molar-refractivity contribution in [1.29, 1.82) is 0 Å². The average molecular weight is 308 g/mol. The van der Waals surface area contributed by atoms with Crippen LogP contribution < -0.4 is 0 Å². The quantitative estimate of drug-likeness (QED) is 0.260. The Hall–Kier alpha value is -1.17. The van der Waals surface area contributed by atoms with Gasteiger partial charge in [-0.2, -0.15) is 0 Å². The maximum atomic E-state index is 11.2. The van der Waals surface area contributed by atoms with E-state index in [1.54, 1.807) is 6.92 Å². The van der Waals surface area contributed by atoms with E-state index < -0.39 is 25.7 Å². The minimum Gasteiger partial charge on any atom is -0.481 e. The van der Waals surface area contributed by atoms with Gasteiger partial charge in [-0.3, -0.25) is 9.36 Å². The van der Waals surface area contributed by atoms with Crippen LogP contribution in [0.15, 0.2) is 12.2 Å². The molecule has 0 saturated heterocycles. The molecule has 0 aliphatic carbocycles. The van der Waals surface area contributed by atoms with Crippen LogP contribution in [0, 0.1) is 0 Å². The molecule has 0 fully saturated rings. The Kier molecular flexibility index (Phi) is 9.12. The number of ether oxygens (including phenoxy) is 1. The third-order valence-corrected chi connectivity index (χ3v) is 3.50. The minimum absolute atomic E-state index is 0.0343. The number of hydrogen-bond donors (Lipinski definition) is 2. The number of carbonyl (C=O) groups is 2. The van der Waals surface area contributed by atoms with E-state index in [2.05, 4.69) is 11.1 Å². The molecule has 0 spiro atoms. The number of aliphatic carboxylic acids is 1. The number of rotatable bonds is 11. The first kappa shape index (κ1) is 18.8. The normalized spacial score (nSPS) is 13.5. The van der Waals surface area contributed by atoms with Crippen LogP contribution >= 0.6 is 7.60 Å². The zero-order valence-corrected chi connectivity index (χ0v) is 12.4. The maximum absolute atomic E-state index is 11.2. The first-order chi connectivity index (χ1) is 9.24. The van der Waals surface area contributed by atoms with E-state index >= 15 is 0 Å². The first-order valence-electron chi connectivity index (χ1n) is 6.25. The fourth-order valence-corrected chi connectivity index (χ4v) is 2.12. The van der Waals surface area contributed by atoms with Gasteiger partial charge in [0, 0.05) is 5.57 Å². The standard InChI is InChI=1S/C12H21O7P/c1-10(2)12(15)18-7-5-3-4-6-8-19-20(16,17)9-11(13)14/h1,3-9H2,2H3,(H,13,14)(H,16,17). The lowest BCUT2D eigenvalue weighted by Gasteiger charge is -2.09. The van der Waals surface area contributed by atoms with E-state index in [1.807, 2.05) is 0 Å². The van der Waals surface area contributed by atoms with Crippen molar-refractivity contribution in [2.45, 2.75) is 32.6 Å². The Balaban J connectivity index is 3.50. The van der Waals surface area contributed by atoms with Crippen LogP contribution in [-0.4, -0.2) is 41.3 Å². The van der Waals surface area contributed by atoms with Crippen molar-refractivity contribution in [1.82, 2.24) is 0 Å². The monoisotopic (exact) mass is 308 g/mol. The van der Waals surface area contributed by atoms with E-state index in [1.165, 1.54) is 0 Å². The molecule has 0 aliphatic heterocycles. The van der Waals surface area contributed by atoms with Crippen molar-refractivity contribution in [3.8, 4) is 0 Å². The van der Waals surface area contributed by atoms with Crippen LogP contribution in [0.1, 0.15) is 32.6 Å². The summed E-state index contributed by atoms with van der Waals surface area (Å²) in [6, 6.07) is 0. The van der Waals surface area contributed by atoms with E-state index in [0.29, 0.717) is 25.0 Å². The predicted octanol–water partition coefficient (Wildman–Crippen LogP) is 1.95. The summed E-state index contributed by atoms with van der Waals surface area (Å²) in [6.45, 7) is 5.37. The van der Waals surface area contributed by atoms with Crippen molar-refractivity contribution >= 4 is 19.5 Å². The summed E-state index contributed by atoms with van der Waals surface area (Å²) in [7, 11) is -4.01. The van der Waals surface area contributed by atoms with Crippen LogP contribution in [0.5, 0.6) is 0 Å². The lowest BCUT2D eigenvalue weighted by molar-refractivity contribution is -0.139. The summed E-state index contributed by atoms with van der Waals surface area (Å²) in [5, 5.41) is 8.37. The van der Waals surface area contributed by atoms with Crippen LogP contribution in [0.4, 0.5) is 0 Å². The van der Waals surface area contributed by atoms with Gasteiger partial charge in [-0.05, 0) is 26.2 Å². The zero-order valence-electron chi connectivity index (χ0n) is 11.5. The lowest BCUT2D eigenvalue weighted by atomic mass is 10.2. The molecular weight excluding hydrogens is 287 g/mol. The molecule has 0 bridgehead atoms. The van der Waals surface area contributed by atoms with Crippen molar-refractivity contribution < 1.29 is 33.4 Å². The number of esters is 1. The second-order valence-electron chi connectivity index (χ2n) is 4.35. The molecule has 0 amide bonds. The molecule has 1 atom stereocenters. The predicted molar refractivity (Wildman–Crippen MR) is 72.5 cm³/mol. The highest BCUT2D eigenvalue weighted by molar-refractivity contribution is 7.53. The SMILES string of the molecule is C=C(C)C(=O)OCCCCCCOP(=O)(O)CC(=O)O. The number of carbonyl (C=O) groups excluding carboxylic acids is 1. The third kappa shape index (κ3) is 10.7.